The van der Waals surface area contributed by atoms with Gasteiger partial charge in [0.05, 0.1) is 16.1 Å². The molecule has 0 aliphatic carbocycles. The van der Waals surface area contributed by atoms with E-state index in [0.29, 0.717) is 0 Å². The molecule has 5 nitrogen and oxygen atoms in total. The van der Waals surface area contributed by atoms with Gasteiger partial charge in [0.2, 0.25) is 10.0 Å². The summed E-state index contributed by atoms with van der Waals surface area (Å²) in [5, 5.41) is 11.1. The molecule has 0 saturated carbocycles. The number of benzene rings is 3. The Bertz CT molecular complexity index is 1270. The van der Waals surface area contributed by atoms with Crippen molar-refractivity contribution in [2.45, 2.75) is 25.2 Å². The lowest BCUT2D eigenvalue weighted by Crippen LogP contribution is -2.12. The molecule has 4 rings (SSSR count). The van der Waals surface area contributed by atoms with Gasteiger partial charge < -0.3 is 10.3 Å². The quantitative estimate of drug-likeness (QED) is 0.474. The van der Waals surface area contributed by atoms with Crippen LogP contribution in [-0.2, 0) is 16.4 Å². The van der Waals surface area contributed by atoms with Crippen molar-refractivity contribution >= 4 is 37.5 Å². The molecule has 4 aromatic rings. The molecular formula is C22H23N3O2S. The van der Waals surface area contributed by atoms with E-state index in [4.69, 9.17) is 5.14 Å². The molecule has 0 aliphatic rings. The maximum Gasteiger partial charge on any atom is 0.238 e. The van der Waals surface area contributed by atoms with E-state index in [0.717, 1.165) is 29.7 Å². The van der Waals surface area contributed by atoms with Crippen molar-refractivity contribution in [3.05, 3.63) is 71.3 Å². The van der Waals surface area contributed by atoms with Crippen LogP contribution in [0.1, 0.15) is 16.7 Å². The molecule has 0 spiro atoms. The number of aryl methyl sites for hydroxylation is 2. The highest BCUT2D eigenvalue weighted by Gasteiger charge is 2.11. The van der Waals surface area contributed by atoms with Gasteiger partial charge in [-0.1, -0.05) is 36.4 Å². The molecule has 0 saturated heterocycles. The lowest BCUT2D eigenvalue weighted by Gasteiger charge is -2.08. The van der Waals surface area contributed by atoms with Crippen molar-refractivity contribution < 1.29 is 8.42 Å². The van der Waals surface area contributed by atoms with Crippen LogP contribution in [-0.4, -0.2) is 19.9 Å². The van der Waals surface area contributed by atoms with Crippen molar-refractivity contribution in [3.8, 4) is 0 Å². The zero-order valence-electron chi connectivity index (χ0n) is 15.9. The number of fused-ring (bicyclic) bond motifs is 3. The molecule has 1 heterocycles. The number of sulfonamides is 1. The monoisotopic (exact) mass is 393 g/mol. The van der Waals surface area contributed by atoms with Gasteiger partial charge in [0, 0.05) is 22.8 Å². The topological polar surface area (TPSA) is 88.0 Å². The van der Waals surface area contributed by atoms with Crippen molar-refractivity contribution in [2.75, 3.05) is 11.9 Å². The van der Waals surface area contributed by atoms with Gasteiger partial charge in [-0.05, 0) is 55.2 Å². The molecule has 0 radical (unpaired) electrons. The fraction of sp³-hybridized carbons (Fsp3) is 0.182. The Kier molecular flexibility index (Phi) is 4.61. The zero-order valence-corrected chi connectivity index (χ0v) is 16.7. The fourth-order valence-electron chi connectivity index (χ4n) is 3.67. The molecule has 4 N–H and O–H groups in total. The normalized spacial score (nSPS) is 12.0. The highest BCUT2D eigenvalue weighted by molar-refractivity contribution is 7.89. The van der Waals surface area contributed by atoms with E-state index in [1.165, 1.54) is 27.4 Å². The molecule has 1 aromatic heterocycles. The zero-order chi connectivity index (χ0) is 19.9. The van der Waals surface area contributed by atoms with Crippen LogP contribution in [0.2, 0.25) is 0 Å². The number of anilines is 1. The number of nitrogens with one attached hydrogen (secondary N) is 2. The molecular weight excluding hydrogens is 370 g/mol. The summed E-state index contributed by atoms with van der Waals surface area (Å²) in [4.78, 5) is 3.72. The van der Waals surface area contributed by atoms with Crippen LogP contribution in [0.4, 0.5) is 5.69 Å². The van der Waals surface area contributed by atoms with Crippen LogP contribution in [0.25, 0.3) is 21.8 Å². The third-order valence-corrected chi connectivity index (χ3v) is 6.12. The summed E-state index contributed by atoms with van der Waals surface area (Å²) in [6.45, 7) is 5.00. The number of hydrogen-bond donors (Lipinski definition) is 3. The van der Waals surface area contributed by atoms with Gasteiger partial charge in [-0.25, -0.2) is 13.6 Å². The van der Waals surface area contributed by atoms with Crippen LogP contribution >= 0.6 is 0 Å². The second-order valence-corrected chi connectivity index (χ2v) is 8.73. The number of primary sulfonamides is 1. The van der Waals surface area contributed by atoms with Crippen molar-refractivity contribution in [1.29, 1.82) is 0 Å². The maximum absolute atomic E-state index is 11.4. The summed E-state index contributed by atoms with van der Waals surface area (Å²) in [5.41, 5.74) is 6.91. The highest BCUT2D eigenvalue weighted by atomic mass is 32.2. The molecule has 3 aromatic carbocycles. The molecule has 6 heteroatoms. The number of rotatable bonds is 5. The summed E-state index contributed by atoms with van der Waals surface area (Å²) in [6.07, 6.45) is 0.777. The number of nitrogens with two attached hydrogens (primary N) is 1. The van der Waals surface area contributed by atoms with Crippen LogP contribution in [0, 0.1) is 13.8 Å². The third kappa shape index (κ3) is 3.37. The molecule has 0 amide bonds. The van der Waals surface area contributed by atoms with E-state index >= 15 is 0 Å². The maximum atomic E-state index is 11.4. The Balaban J connectivity index is 1.57. The fourth-order valence-corrected chi connectivity index (χ4v) is 4.19. The second-order valence-electron chi connectivity index (χ2n) is 7.17. The number of H-pyrrole nitrogens is 1. The minimum absolute atomic E-state index is 0.137. The average molecular weight is 394 g/mol. The predicted molar refractivity (Wildman–Crippen MR) is 115 cm³/mol. The van der Waals surface area contributed by atoms with E-state index in [9.17, 15) is 8.42 Å². The first-order valence-electron chi connectivity index (χ1n) is 9.21. The Morgan fingerprint density at radius 1 is 0.929 bits per heavy atom. The average Bonchev–Trinajstić information content (AvgIpc) is 3.06. The number of hydrogen-bond acceptors (Lipinski definition) is 3. The molecule has 0 unspecified atom stereocenters. The summed E-state index contributed by atoms with van der Waals surface area (Å²) in [6, 6.07) is 17.3. The Labute approximate surface area is 164 Å². The van der Waals surface area contributed by atoms with E-state index in [1.54, 1.807) is 24.3 Å². The van der Waals surface area contributed by atoms with Crippen LogP contribution in [0.3, 0.4) is 0 Å². The summed E-state index contributed by atoms with van der Waals surface area (Å²) < 4.78 is 22.7. The van der Waals surface area contributed by atoms with Crippen LogP contribution in [0.5, 0.6) is 0 Å². The highest BCUT2D eigenvalue weighted by Crippen LogP contribution is 2.33. The summed E-state index contributed by atoms with van der Waals surface area (Å²) in [7, 11) is -3.65. The Morgan fingerprint density at radius 2 is 1.64 bits per heavy atom. The summed E-state index contributed by atoms with van der Waals surface area (Å²) >= 11 is 0. The van der Waals surface area contributed by atoms with Gasteiger partial charge in [0.25, 0.3) is 0 Å². The SMILES string of the molecule is Cc1ccc(C)c2c1[nH]c1c(NCCc3ccc(S(N)(=O)=O)cc3)cccc12. The number of para-hydroxylation sites is 1. The van der Waals surface area contributed by atoms with Crippen molar-refractivity contribution in [2.24, 2.45) is 5.14 Å². The van der Waals surface area contributed by atoms with E-state index in [-0.39, 0.29) is 4.90 Å². The lowest BCUT2D eigenvalue weighted by atomic mass is 10.0. The van der Waals surface area contributed by atoms with E-state index in [1.807, 2.05) is 0 Å². The van der Waals surface area contributed by atoms with E-state index < -0.39 is 10.0 Å². The molecule has 144 valence electrons. The molecule has 28 heavy (non-hydrogen) atoms. The van der Waals surface area contributed by atoms with Gasteiger partial charge in [-0.15, -0.1) is 0 Å². The third-order valence-electron chi connectivity index (χ3n) is 5.19. The van der Waals surface area contributed by atoms with Crippen molar-refractivity contribution in [1.82, 2.24) is 4.98 Å². The van der Waals surface area contributed by atoms with Gasteiger partial charge in [0.15, 0.2) is 0 Å². The second kappa shape index (κ2) is 6.96. The summed E-state index contributed by atoms with van der Waals surface area (Å²) in [5.74, 6) is 0. The number of aromatic amines is 1. The van der Waals surface area contributed by atoms with Crippen molar-refractivity contribution in [3.63, 3.8) is 0 Å². The first-order valence-corrected chi connectivity index (χ1v) is 10.8. The van der Waals surface area contributed by atoms with Crippen LogP contribution in [0.15, 0.2) is 59.5 Å². The minimum Gasteiger partial charge on any atom is -0.383 e. The standard InChI is InChI=1S/C22H23N3O2S/c1-14-6-7-15(2)21-20(14)18-4-3-5-19(22(18)25-21)24-13-12-16-8-10-17(11-9-16)28(23,26)27/h3-11,24-25H,12-13H2,1-2H3,(H2,23,26,27). The molecule has 0 aliphatic heterocycles. The molecule has 0 bridgehead atoms. The Hall–Kier alpha value is -2.83. The van der Waals surface area contributed by atoms with Gasteiger partial charge in [0.1, 0.15) is 0 Å². The van der Waals surface area contributed by atoms with Gasteiger partial charge >= 0.3 is 0 Å². The predicted octanol–water partition coefficient (Wildman–Crippen LogP) is 4.24. The van der Waals surface area contributed by atoms with Gasteiger partial charge in [-0.3, -0.25) is 0 Å². The molecule has 0 fully saturated rings. The largest absolute Gasteiger partial charge is 0.383 e. The van der Waals surface area contributed by atoms with Gasteiger partial charge in [-0.2, -0.15) is 0 Å². The van der Waals surface area contributed by atoms with E-state index in [2.05, 4.69) is 54.5 Å². The smallest absolute Gasteiger partial charge is 0.238 e. The first-order chi connectivity index (χ1) is 13.3. The minimum atomic E-state index is -3.65. The van der Waals surface area contributed by atoms with Crippen LogP contribution < -0.4 is 10.5 Å². The molecule has 0 atom stereocenters. The number of aromatic nitrogens is 1. The lowest BCUT2D eigenvalue weighted by molar-refractivity contribution is 0.598. The Morgan fingerprint density at radius 3 is 2.36 bits per heavy atom. The first kappa shape index (κ1) is 18.5.